The maximum atomic E-state index is 15.1. The van der Waals surface area contributed by atoms with Crippen molar-refractivity contribution in [2.45, 2.75) is 37.1 Å². The molecule has 0 unspecified atom stereocenters. The monoisotopic (exact) mass is 774 g/mol. The smallest absolute Gasteiger partial charge is 0.235 e. The van der Waals surface area contributed by atoms with E-state index < -0.39 is 40.5 Å². The molecule has 0 aromatic heterocycles. The Balaban J connectivity index is 1.26. The first-order valence-electron chi connectivity index (χ1n) is 19.9. The second-order valence-corrected chi connectivity index (χ2v) is 15.6. The first-order chi connectivity index (χ1) is 28.6. The van der Waals surface area contributed by atoms with E-state index in [2.05, 4.69) is 10.6 Å². The maximum Gasteiger partial charge on any atom is 0.235 e. The van der Waals surface area contributed by atoms with Crippen molar-refractivity contribution in [3.63, 3.8) is 0 Å². The average Bonchev–Trinajstić information content (AvgIpc) is 3.30. The van der Waals surface area contributed by atoms with Crippen LogP contribution in [0.25, 0.3) is 21.5 Å². The van der Waals surface area contributed by atoms with E-state index in [-0.39, 0.29) is 0 Å². The Kier molecular flexibility index (Phi) is 10.7. The van der Waals surface area contributed by atoms with Crippen molar-refractivity contribution in [3.05, 3.63) is 240 Å². The first kappa shape index (κ1) is 39.0. The average molecular weight is 775 g/mol. The molecule has 0 fully saturated rings. The number of carbonyl (C=O) groups excluding carboxylic acids is 2. The van der Waals surface area contributed by atoms with E-state index in [1.807, 2.05) is 206 Å². The number of fused-ring (bicyclic) bond motifs is 2. The van der Waals surface area contributed by atoms with Gasteiger partial charge in [-0.25, -0.2) is 0 Å². The molecule has 4 N–H and O–H groups in total. The lowest BCUT2D eigenvalue weighted by Crippen LogP contribution is -2.55. The minimum Gasteiger partial charge on any atom is -0.378 e. The molecule has 292 valence electrons. The zero-order valence-electron chi connectivity index (χ0n) is 33.0. The van der Waals surface area contributed by atoms with Gasteiger partial charge in [0.1, 0.15) is 16.6 Å². The molecule has 8 rings (SSSR count). The van der Waals surface area contributed by atoms with Crippen molar-refractivity contribution in [1.29, 1.82) is 0 Å². The van der Waals surface area contributed by atoms with Gasteiger partial charge in [0.2, 0.25) is 11.8 Å². The summed E-state index contributed by atoms with van der Waals surface area (Å²) in [5.41, 5.74) is -1.65. The van der Waals surface area contributed by atoms with Gasteiger partial charge < -0.3 is 20.8 Å². The van der Waals surface area contributed by atoms with Crippen molar-refractivity contribution in [3.8, 4) is 0 Å². The zero-order chi connectivity index (χ0) is 41.0. The number of benzene rings is 8. The van der Waals surface area contributed by atoms with Crippen LogP contribution in [0.2, 0.25) is 0 Å². The summed E-state index contributed by atoms with van der Waals surface area (Å²) >= 11 is 0. The summed E-state index contributed by atoms with van der Waals surface area (Å²) in [7, 11) is 0. The third-order valence-corrected chi connectivity index (χ3v) is 11.6. The molecule has 0 aliphatic heterocycles. The number of carbonyl (C=O) groups is 2. The van der Waals surface area contributed by atoms with Gasteiger partial charge in [-0.15, -0.1) is 0 Å². The van der Waals surface area contributed by atoms with E-state index in [0.717, 1.165) is 21.5 Å². The van der Waals surface area contributed by atoms with Crippen LogP contribution in [-0.2, 0) is 20.8 Å². The van der Waals surface area contributed by atoms with Gasteiger partial charge in [-0.05, 0) is 68.8 Å². The zero-order valence-corrected chi connectivity index (χ0v) is 33.0. The van der Waals surface area contributed by atoms with Gasteiger partial charge in [-0.2, -0.15) is 0 Å². The molecule has 2 amide bonds. The molecule has 0 bridgehead atoms. The number of aliphatic hydroxyl groups is 2. The van der Waals surface area contributed by atoms with Crippen LogP contribution in [-0.4, -0.2) is 22.0 Å². The Hall–Kier alpha value is -6.86. The third kappa shape index (κ3) is 7.18. The fraction of sp³-hybridized carbons (Fsp3) is 0.132. The number of hydrogen-bond acceptors (Lipinski definition) is 4. The van der Waals surface area contributed by atoms with Crippen LogP contribution in [0.5, 0.6) is 0 Å². The number of rotatable bonds is 12. The Labute approximate surface area is 344 Å². The lowest BCUT2D eigenvalue weighted by atomic mass is 9.75. The van der Waals surface area contributed by atoms with E-state index in [4.69, 9.17) is 0 Å². The standard InChI is InChI=1S/C53H46N2O4/c1-51(2,49(56)54-47(45-35-19-23-37-21-15-17-33-43(37)45)52(58,39-25-7-3-8-26-39)40-27-9-4-10-28-40)50(57)55-48(46-36-20-24-38-22-16-18-34-44(38)46)53(59,41-29-11-5-12-30-41)42-31-13-6-14-32-42/h3-36,47-48,58-59H,1-2H3,(H,54,56)(H,55,57)/t47-,48-/m1/s1. The van der Waals surface area contributed by atoms with Gasteiger partial charge >= 0.3 is 0 Å². The van der Waals surface area contributed by atoms with Gasteiger partial charge in [-0.3, -0.25) is 9.59 Å². The van der Waals surface area contributed by atoms with Gasteiger partial charge in [0.25, 0.3) is 0 Å². The predicted octanol–water partition coefficient (Wildman–Crippen LogP) is 9.91. The first-order valence-corrected chi connectivity index (χ1v) is 19.9. The summed E-state index contributed by atoms with van der Waals surface area (Å²) in [5.74, 6) is -1.23. The molecule has 0 spiro atoms. The molecular weight excluding hydrogens is 729 g/mol. The van der Waals surface area contributed by atoms with Crippen LogP contribution in [0, 0.1) is 5.41 Å². The summed E-state index contributed by atoms with van der Waals surface area (Å²) in [4.78, 5) is 30.2. The normalized spacial score (nSPS) is 13.1. The van der Waals surface area contributed by atoms with E-state index in [1.165, 1.54) is 0 Å². The predicted molar refractivity (Wildman–Crippen MR) is 235 cm³/mol. The highest BCUT2D eigenvalue weighted by Gasteiger charge is 2.49. The van der Waals surface area contributed by atoms with E-state index in [9.17, 15) is 10.2 Å². The Morgan fingerprint density at radius 3 is 0.983 bits per heavy atom. The van der Waals surface area contributed by atoms with Gasteiger partial charge in [0, 0.05) is 0 Å². The maximum absolute atomic E-state index is 15.1. The fourth-order valence-electron chi connectivity index (χ4n) is 8.31. The molecule has 0 radical (unpaired) electrons. The topological polar surface area (TPSA) is 98.7 Å². The summed E-state index contributed by atoms with van der Waals surface area (Å²) in [5, 5.41) is 36.6. The number of hydrogen-bond donors (Lipinski definition) is 4. The Morgan fingerprint density at radius 1 is 0.390 bits per heavy atom. The highest BCUT2D eigenvalue weighted by atomic mass is 16.3. The molecule has 8 aromatic carbocycles. The van der Waals surface area contributed by atoms with E-state index in [1.54, 1.807) is 13.8 Å². The largest absolute Gasteiger partial charge is 0.378 e. The number of amides is 2. The lowest BCUT2D eigenvalue weighted by Gasteiger charge is -2.41. The van der Waals surface area contributed by atoms with Gasteiger partial charge in [0.15, 0.2) is 0 Å². The molecule has 6 heteroatoms. The minimum absolute atomic E-state index is 0.568. The summed E-state index contributed by atoms with van der Waals surface area (Å²) < 4.78 is 0. The molecule has 0 aliphatic rings. The second-order valence-electron chi connectivity index (χ2n) is 15.6. The molecule has 8 aromatic rings. The van der Waals surface area contributed by atoms with Crippen molar-refractivity contribution >= 4 is 33.4 Å². The highest BCUT2D eigenvalue weighted by molar-refractivity contribution is 6.05. The molecule has 0 saturated carbocycles. The van der Waals surface area contributed by atoms with Crippen molar-refractivity contribution in [1.82, 2.24) is 10.6 Å². The minimum atomic E-state index is -1.78. The third-order valence-electron chi connectivity index (χ3n) is 11.6. The fourth-order valence-corrected chi connectivity index (χ4v) is 8.31. The summed E-state index contributed by atoms with van der Waals surface area (Å²) in [6, 6.07) is 62.4. The van der Waals surface area contributed by atoms with Crippen molar-refractivity contribution in [2.24, 2.45) is 5.41 Å². The van der Waals surface area contributed by atoms with Crippen LogP contribution in [0.1, 0.15) is 59.3 Å². The lowest BCUT2D eigenvalue weighted by molar-refractivity contribution is -0.144. The number of nitrogens with one attached hydrogen (secondary N) is 2. The van der Waals surface area contributed by atoms with Gasteiger partial charge in [-0.1, -0.05) is 206 Å². The second kappa shape index (κ2) is 16.2. The van der Waals surface area contributed by atoms with E-state index >= 15 is 9.59 Å². The Bertz CT molecular complexity index is 2440. The van der Waals surface area contributed by atoms with E-state index in [0.29, 0.717) is 33.4 Å². The van der Waals surface area contributed by atoms with Crippen molar-refractivity contribution < 1.29 is 19.8 Å². The van der Waals surface area contributed by atoms with Crippen molar-refractivity contribution in [2.75, 3.05) is 0 Å². The molecule has 0 aliphatic carbocycles. The van der Waals surface area contributed by atoms with Crippen LogP contribution in [0.15, 0.2) is 206 Å². The molecule has 6 nitrogen and oxygen atoms in total. The summed E-state index contributed by atoms with van der Waals surface area (Å²) in [6.45, 7) is 3.15. The van der Waals surface area contributed by atoms with Gasteiger partial charge in [0.05, 0.1) is 12.1 Å². The molecule has 59 heavy (non-hydrogen) atoms. The molecular formula is C53H46N2O4. The molecule has 2 atom stereocenters. The Morgan fingerprint density at radius 2 is 0.661 bits per heavy atom. The van der Waals surface area contributed by atoms with Crippen LogP contribution < -0.4 is 10.6 Å². The summed E-state index contributed by atoms with van der Waals surface area (Å²) in [6.07, 6.45) is 0. The van der Waals surface area contributed by atoms with Crippen LogP contribution in [0.3, 0.4) is 0 Å². The van der Waals surface area contributed by atoms with Crippen LogP contribution >= 0.6 is 0 Å². The SMILES string of the molecule is CC(C)(C(=O)N[C@H](c1cccc2ccccc12)C(O)(c1ccccc1)c1ccccc1)C(=O)N[C@H](c1cccc2ccccc12)C(O)(c1ccccc1)c1ccccc1. The highest BCUT2D eigenvalue weighted by Crippen LogP contribution is 2.46. The quantitative estimate of drug-likeness (QED) is 0.0930. The molecule has 0 heterocycles. The van der Waals surface area contributed by atoms with Crippen LogP contribution in [0.4, 0.5) is 0 Å². The molecule has 0 saturated heterocycles.